The Kier molecular flexibility index (Phi) is 5.03. The SMILES string of the molecule is CC(C)C[C@@H](NCCc1cn2ccccc2n1)c1ccccn1. The lowest BCUT2D eigenvalue weighted by Crippen LogP contribution is -2.25. The summed E-state index contributed by atoms with van der Waals surface area (Å²) in [5.41, 5.74) is 3.25. The Hall–Kier alpha value is -2.20. The molecule has 0 saturated carbocycles. The van der Waals surface area contributed by atoms with Crippen molar-refractivity contribution in [1.29, 1.82) is 0 Å². The van der Waals surface area contributed by atoms with Crippen LogP contribution in [-0.2, 0) is 6.42 Å². The van der Waals surface area contributed by atoms with Crippen molar-refractivity contribution in [2.45, 2.75) is 32.7 Å². The molecule has 23 heavy (non-hydrogen) atoms. The topological polar surface area (TPSA) is 42.2 Å². The molecule has 3 aromatic heterocycles. The summed E-state index contributed by atoms with van der Waals surface area (Å²) in [5.74, 6) is 0.629. The van der Waals surface area contributed by atoms with Crippen molar-refractivity contribution < 1.29 is 0 Å². The van der Waals surface area contributed by atoms with Gasteiger partial charge in [-0.1, -0.05) is 26.0 Å². The smallest absolute Gasteiger partial charge is 0.136 e. The van der Waals surface area contributed by atoms with E-state index in [2.05, 4.69) is 51.9 Å². The van der Waals surface area contributed by atoms with Gasteiger partial charge in [0.2, 0.25) is 0 Å². The maximum Gasteiger partial charge on any atom is 0.136 e. The zero-order valence-electron chi connectivity index (χ0n) is 13.8. The number of pyridine rings is 2. The molecule has 0 fully saturated rings. The van der Waals surface area contributed by atoms with E-state index in [1.807, 2.05) is 36.7 Å². The Morgan fingerprint density at radius 2 is 2.00 bits per heavy atom. The molecule has 4 heteroatoms. The molecular weight excluding hydrogens is 284 g/mol. The van der Waals surface area contributed by atoms with E-state index in [1.165, 1.54) is 0 Å². The van der Waals surface area contributed by atoms with E-state index >= 15 is 0 Å². The molecule has 0 amide bonds. The fourth-order valence-corrected chi connectivity index (χ4v) is 2.84. The minimum Gasteiger partial charge on any atom is -0.308 e. The zero-order valence-corrected chi connectivity index (χ0v) is 13.8. The average Bonchev–Trinajstić information content (AvgIpc) is 2.97. The van der Waals surface area contributed by atoms with Crippen molar-refractivity contribution in [2.75, 3.05) is 6.54 Å². The lowest BCUT2D eigenvalue weighted by molar-refractivity contribution is 0.424. The summed E-state index contributed by atoms with van der Waals surface area (Å²) < 4.78 is 2.07. The minimum atomic E-state index is 0.299. The maximum absolute atomic E-state index is 4.65. The third kappa shape index (κ3) is 4.17. The highest BCUT2D eigenvalue weighted by Crippen LogP contribution is 2.19. The molecule has 0 aliphatic carbocycles. The van der Waals surface area contributed by atoms with Crippen molar-refractivity contribution in [2.24, 2.45) is 5.92 Å². The predicted octanol–water partition coefficient (Wildman–Crippen LogP) is 3.65. The molecule has 0 radical (unpaired) electrons. The summed E-state index contributed by atoms with van der Waals surface area (Å²) in [4.78, 5) is 9.16. The molecule has 0 aromatic carbocycles. The van der Waals surface area contributed by atoms with Gasteiger partial charge in [0.25, 0.3) is 0 Å². The Labute approximate surface area is 137 Å². The average molecular weight is 308 g/mol. The van der Waals surface area contributed by atoms with Gasteiger partial charge in [0.1, 0.15) is 5.65 Å². The molecule has 1 N–H and O–H groups in total. The van der Waals surface area contributed by atoms with Crippen LogP contribution in [0.4, 0.5) is 0 Å². The van der Waals surface area contributed by atoms with Gasteiger partial charge in [0.05, 0.1) is 11.4 Å². The van der Waals surface area contributed by atoms with Crippen LogP contribution in [0.3, 0.4) is 0 Å². The Morgan fingerprint density at radius 1 is 1.13 bits per heavy atom. The number of fused-ring (bicyclic) bond motifs is 1. The zero-order chi connectivity index (χ0) is 16.1. The van der Waals surface area contributed by atoms with Gasteiger partial charge in [0, 0.05) is 37.6 Å². The molecule has 0 saturated heterocycles. The molecule has 1 atom stereocenters. The van der Waals surface area contributed by atoms with Crippen molar-refractivity contribution in [1.82, 2.24) is 19.7 Å². The molecule has 0 bridgehead atoms. The van der Waals surface area contributed by atoms with Crippen molar-refractivity contribution in [3.63, 3.8) is 0 Å². The first-order valence-electron chi connectivity index (χ1n) is 8.29. The largest absolute Gasteiger partial charge is 0.308 e. The van der Waals surface area contributed by atoms with Gasteiger partial charge in [0.15, 0.2) is 0 Å². The quantitative estimate of drug-likeness (QED) is 0.724. The fourth-order valence-electron chi connectivity index (χ4n) is 2.84. The molecular formula is C19H24N4. The summed E-state index contributed by atoms with van der Waals surface area (Å²) in [6, 6.07) is 12.5. The van der Waals surface area contributed by atoms with Crippen LogP contribution < -0.4 is 5.32 Å². The highest BCUT2D eigenvalue weighted by atomic mass is 15.0. The van der Waals surface area contributed by atoms with E-state index in [0.717, 1.165) is 36.4 Å². The van der Waals surface area contributed by atoms with Crippen molar-refractivity contribution in [3.05, 3.63) is 66.4 Å². The van der Waals surface area contributed by atoms with Gasteiger partial charge in [-0.25, -0.2) is 4.98 Å². The summed E-state index contributed by atoms with van der Waals surface area (Å²) >= 11 is 0. The Balaban J connectivity index is 1.62. The molecule has 3 aromatic rings. The molecule has 3 rings (SSSR count). The van der Waals surface area contributed by atoms with Crippen LogP contribution in [0.15, 0.2) is 55.0 Å². The van der Waals surface area contributed by atoms with Gasteiger partial charge in [-0.15, -0.1) is 0 Å². The first kappa shape index (κ1) is 15.7. The standard InChI is InChI=1S/C19H24N4/c1-15(2)13-18(17-7-3-5-10-20-17)21-11-9-16-14-23-12-6-4-8-19(23)22-16/h3-8,10,12,14-15,18,21H,9,11,13H2,1-2H3/t18-/m1/s1. The predicted molar refractivity (Wildman–Crippen MR) is 93.3 cm³/mol. The Bertz CT molecular complexity index is 700. The van der Waals surface area contributed by atoms with Crippen LogP contribution in [-0.4, -0.2) is 20.9 Å². The first-order valence-corrected chi connectivity index (χ1v) is 8.29. The maximum atomic E-state index is 4.65. The summed E-state index contributed by atoms with van der Waals surface area (Å²) in [6.45, 7) is 5.40. The highest BCUT2D eigenvalue weighted by molar-refractivity contribution is 5.39. The van der Waals surface area contributed by atoms with Crippen molar-refractivity contribution >= 4 is 5.65 Å². The highest BCUT2D eigenvalue weighted by Gasteiger charge is 2.14. The van der Waals surface area contributed by atoms with Gasteiger partial charge in [-0.05, 0) is 36.6 Å². The summed E-state index contributed by atoms with van der Waals surface area (Å²) in [5, 5.41) is 3.65. The van der Waals surface area contributed by atoms with E-state index in [4.69, 9.17) is 0 Å². The van der Waals surface area contributed by atoms with E-state index < -0.39 is 0 Å². The lowest BCUT2D eigenvalue weighted by Gasteiger charge is -2.20. The van der Waals surface area contributed by atoms with Gasteiger partial charge >= 0.3 is 0 Å². The fraction of sp³-hybridized carbons (Fsp3) is 0.368. The van der Waals surface area contributed by atoms with E-state index in [-0.39, 0.29) is 0 Å². The number of hydrogen-bond donors (Lipinski definition) is 1. The number of rotatable bonds is 7. The van der Waals surface area contributed by atoms with Crippen molar-refractivity contribution in [3.8, 4) is 0 Å². The van der Waals surface area contributed by atoms with Crippen LogP contribution in [0.25, 0.3) is 5.65 Å². The molecule has 4 nitrogen and oxygen atoms in total. The van der Waals surface area contributed by atoms with Crippen LogP contribution >= 0.6 is 0 Å². The first-order chi connectivity index (χ1) is 11.2. The Morgan fingerprint density at radius 3 is 2.74 bits per heavy atom. The van der Waals surface area contributed by atoms with Crippen LogP contribution in [0.5, 0.6) is 0 Å². The second kappa shape index (κ2) is 7.38. The molecule has 0 aliphatic rings. The molecule has 0 aliphatic heterocycles. The number of imidazole rings is 1. The van der Waals surface area contributed by atoms with E-state index in [1.54, 1.807) is 0 Å². The van der Waals surface area contributed by atoms with Crippen LogP contribution in [0.1, 0.15) is 37.7 Å². The second-order valence-electron chi connectivity index (χ2n) is 6.34. The molecule has 0 unspecified atom stereocenters. The third-order valence-corrected chi connectivity index (χ3v) is 3.94. The number of nitrogens with one attached hydrogen (secondary N) is 1. The summed E-state index contributed by atoms with van der Waals surface area (Å²) in [7, 11) is 0. The van der Waals surface area contributed by atoms with E-state index in [0.29, 0.717) is 12.0 Å². The molecule has 3 heterocycles. The normalized spacial score (nSPS) is 12.8. The number of hydrogen-bond acceptors (Lipinski definition) is 3. The van der Waals surface area contributed by atoms with Gasteiger partial charge in [-0.3, -0.25) is 4.98 Å². The van der Waals surface area contributed by atoms with Crippen LogP contribution in [0, 0.1) is 5.92 Å². The monoisotopic (exact) mass is 308 g/mol. The lowest BCUT2D eigenvalue weighted by atomic mass is 10.0. The van der Waals surface area contributed by atoms with Gasteiger partial charge in [-0.2, -0.15) is 0 Å². The molecule has 120 valence electrons. The van der Waals surface area contributed by atoms with Gasteiger partial charge < -0.3 is 9.72 Å². The number of aromatic nitrogens is 3. The second-order valence-corrected chi connectivity index (χ2v) is 6.34. The summed E-state index contributed by atoms with van der Waals surface area (Å²) in [6.07, 6.45) is 8.02. The van der Waals surface area contributed by atoms with Crippen LogP contribution in [0.2, 0.25) is 0 Å². The minimum absolute atomic E-state index is 0.299. The number of nitrogens with zero attached hydrogens (tertiary/aromatic N) is 3. The molecule has 0 spiro atoms. The third-order valence-electron chi connectivity index (χ3n) is 3.94. The van der Waals surface area contributed by atoms with E-state index in [9.17, 15) is 0 Å².